The summed E-state index contributed by atoms with van der Waals surface area (Å²) < 4.78 is 10.3. The fraction of sp³-hybridized carbons (Fsp3) is 0.500. The quantitative estimate of drug-likeness (QED) is 0.790. The second-order valence-electron chi connectivity index (χ2n) is 6.19. The predicted octanol–water partition coefficient (Wildman–Crippen LogP) is 1.65. The van der Waals surface area contributed by atoms with Crippen LogP contribution in [-0.2, 0) is 19.1 Å². The molecule has 7 nitrogen and oxygen atoms in total. The molecule has 0 unspecified atom stereocenters. The maximum Gasteiger partial charge on any atom is 0.331 e. The maximum absolute atomic E-state index is 12.4. The molecule has 0 spiro atoms. The molecule has 136 valence electrons. The molecule has 0 saturated carbocycles. The van der Waals surface area contributed by atoms with Crippen LogP contribution in [0.2, 0.25) is 0 Å². The number of nitrogens with zero attached hydrogens (tertiary/aromatic N) is 1. The highest BCUT2D eigenvalue weighted by atomic mass is 16.5. The summed E-state index contributed by atoms with van der Waals surface area (Å²) in [5, 5.41) is 2.70. The number of ether oxygens (including phenoxy) is 2. The monoisotopic (exact) mass is 348 g/mol. The summed E-state index contributed by atoms with van der Waals surface area (Å²) in [4.78, 5) is 38.1. The predicted molar refractivity (Wildman–Crippen MR) is 92.4 cm³/mol. The van der Waals surface area contributed by atoms with Crippen molar-refractivity contribution in [2.75, 3.05) is 18.6 Å². The number of esters is 1. The molecule has 0 bridgehead atoms. The van der Waals surface area contributed by atoms with Gasteiger partial charge in [0.15, 0.2) is 6.10 Å². The lowest BCUT2D eigenvalue weighted by Crippen LogP contribution is -2.53. The molecule has 2 amide bonds. The molecule has 0 saturated heterocycles. The standard InChI is InChI=1S/C18H24N2O5/c1-5-18(3,17(23)24-4)19-15(21)10-11-20-13-8-6-7-9-14(13)25-12(2)16(20)22/h6-9,12H,5,10-11H2,1-4H3,(H,19,21)/t12-,18-/m0/s1. The molecular formula is C18H24N2O5. The highest BCUT2D eigenvalue weighted by Gasteiger charge is 2.35. The number of nitrogens with one attached hydrogen (secondary N) is 1. The molecular weight excluding hydrogens is 324 g/mol. The van der Waals surface area contributed by atoms with E-state index in [-0.39, 0.29) is 24.8 Å². The number of hydrogen-bond donors (Lipinski definition) is 1. The third kappa shape index (κ3) is 3.92. The van der Waals surface area contributed by atoms with Crippen LogP contribution in [0.3, 0.4) is 0 Å². The molecule has 2 rings (SSSR count). The van der Waals surface area contributed by atoms with Crippen LogP contribution in [0.1, 0.15) is 33.6 Å². The fourth-order valence-corrected chi connectivity index (χ4v) is 2.68. The molecule has 1 N–H and O–H groups in total. The minimum absolute atomic E-state index is 0.0688. The third-order valence-corrected chi connectivity index (χ3v) is 4.39. The summed E-state index contributed by atoms with van der Waals surface area (Å²) in [7, 11) is 1.28. The smallest absolute Gasteiger partial charge is 0.331 e. The number of para-hydroxylation sites is 2. The number of rotatable bonds is 6. The molecule has 1 aromatic rings. The van der Waals surface area contributed by atoms with Crippen LogP contribution in [0.15, 0.2) is 24.3 Å². The first-order valence-electron chi connectivity index (χ1n) is 8.29. The van der Waals surface area contributed by atoms with Crippen LogP contribution in [-0.4, -0.2) is 43.1 Å². The van der Waals surface area contributed by atoms with Gasteiger partial charge in [-0.2, -0.15) is 0 Å². The highest BCUT2D eigenvalue weighted by molar-refractivity contribution is 6.00. The van der Waals surface area contributed by atoms with E-state index >= 15 is 0 Å². The van der Waals surface area contributed by atoms with Crippen molar-refractivity contribution in [3.8, 4) is 5.75 Å². The zero-order valence-electron chi connectivity index (χ0n) is 15.0. The lowest BCUT2D eigenvalue weighted by atomic mass is 9.99. The zero-order chi connectivity index (χ0) is 18.6. The molecule has 7 heteroatoms. The number of methoxy groups -OCH3 is 1. The van der Waals surface area contributed by atoms with E-state index in [9.17, 15) is 14.4 Å². The average molecular weight is 348 g/mol. The van der Waals surface area contributed by atoms with E-state index in [4.69, 9.17) is 9.47 Å². The molecule has 1 aliphatic heterocycles. The van der Waals surface area contributed by atoms with Gasteiger partial charge in [0.1, 0.15) is 11.3 Å². The van der Waals surface area contributed by atoms with Crippen molar-refractivity contribution in [2.24, 2.45) is 0 Å². The Labute approximate surface area is 147 Å². The number of carbonyl (C=O) groups is 3. The van der Waals surface area contributed by atoms with Gasteiger partial charge in [0.05, 0.1) is 12.8 Å². The summed E-state index contributed by atoms with van der Waals surface area (Å²) in [6.45, 7) is 5.29. The van der Waals surface area contributed by atoms with E-state index in [1.54, 1.807) is 37.8 Å². The molecule has 2 atom stereocenters. The topological polar surface area (TPSA) is 84.9 Å². The third-order valence-electron chi connectivity index (χ3n) is 4.39. The first kappa shape index (κ1) is 18.8. The fourth-order valence-electron chi connectivity index (χ4n) is 2.68. The van der Waals surface area contributed by atoms with Crippen LogP contribution in [0.4, 0.5) is 5.69 Å². The minimum atomic E-state index is -1.08. The van der Waals surface area contributed by atoms with Crippen LogP contribution in [0, 0.1) is 0 Å². The Bertz CT molecular complexity index is 675. The molecule has 1 aliphatic rings. The Balaban J connectivity index is 2.06. The van der Waals surface area contributed by atoms with Gasteiger partial charge in [-0.25, -0.2) is 4.79 Å². The van der Waals surface area contributed by atoms with E-state index < -0.39 is 17.6 Å². The second kappa shape index (κ2) is 7.55. The van der Waals surface area contributed by atoms with E-state index in [1.807, 2.05) is 12.1 Å². The zero-order valence-corrected chi connectivity index (χ0v) is 15.0. The van der Waals surface area contributed by atoms with Crippen molar-refractivity contribution in [3.05, 3.63) is 24.3 Å². The summed E-state index contributed by atoms with van der Waals surface area (Å²) in [6, 6.07) is 7.21. The van der Waals surface area contributed by atoms with Gasteiger partial charge in [-0.05, 0) is 32.4 Å². The van der Waals surface area contributed by atoms with Crippen LogP contribution in [0.25, 0.3) is 0 Å². The first-order chi connectivity index (χ1) is 11.8. The van der Waals surface area contributed by atoms with Crippen molar-refractivity contribution >= 4 is 23.5 Å². The van der Waals surface area contributed by atoms with Gasteiger partial charge < -0.3 is 19.7 Å². The number of fused-ring (bicyclic) bond motifs is 1. The van der Waals surface area contributed by atoms with Crippen molar-refractivity contribution in [3.63, 3.8) is 0 Å². The van der Waals surface area contributed by atoms with Crippen molar-refractivity contribution in [1.82, 2.24) is 5.32 Å². The summed E-state index contributed by atoms with van der Waals surface area (Å²) in [6.07, 6.45) is -0.129. The van der Waals surface area contributed by atoms with Gasteiger partial charge in [-0.1, -0.05) is 19.1 Å². The lowest BCUT2D eigenvalue weighted by molar-refractivity contribution is -0.150. The second-order valence-corrected chi connectivity index (χ2v) is 6.19. The summed E-state index contributed by atoms with van der Waals surface area (Å²) in [5.41, 5.74) is -0.434. The lowest BCUT2D eigenvalue weighted by Gasteiger charge is -2.33. The Morgan fingerprint density at radius 1 is 1.36 bits per heavy atom. The van der Waals surface area contributed by atoms with Gasteiger partial charge in [-0.15, -0.1) is 0 Å². The Morgan fingerprint density at radius 3 is 2.68 bits per heavy atom. The maximum atomic E-state index is 12.4. The van der Waals surface area contributed by atoms with Gasteiger partial charge in [0, 0.05) is 13.0 Å². The van der Waals surface area contributed by atoms with Crippen LogP contribution >= 0.6 is 0 Å². The number of carbonyl (C=O) groups excluding carboxylic acids is 3. The Hall–Kier alpha value is -2.57. The van der Waals surface area contributed by atoms with Crippen molar-refractivity contribution in [1.29, 1.82) is 0 Å². The highest BCUT2D eigenvalue weighted by Crippen LogP contribution is 2.33. The Morgan fingerprint density at radius 2 is 2.04 bits per heavy atom. The number of benzene rings is 1. The van der Waals surface area contributed by atoms with Gasteiger partial charge in [0.2, 0.25) is 5.91 Å². The van der Waals surface area contributed by atoms with E-state index in [0.29, 0.717) is 17.9 Å². The van der Waals surface area contributed by atoms with E-state index in [1.165, 1.54) is 7.11 Å². The van der Waals surface area contributed by atoms with E-state index in [2.05, 4.69) is 5.32 Å². The van der Waals surface area contributed by atoms with Gasteiger partial charge >= 0.3 is 5.97 Å². The molecule has 0 radical (unpaired) electrons. The molecule has 0 fully saturated rings. The molecule has 1 heterocycles. The Kier molecular flexibility index (Phi) is 5.66. The van der Waals surface area contributed by atoms with Crippen LogP contribution < -0.4 is 15.0 Å². The van der Waals surface area contributed by atoms with Crippen molar-refractivity contribution in [2.45, 2.75) is 45.3 Å². The number of amides is 2. The summed E-state index contributed by atoms with van der Waals surface area (Å²) in [5.74, 6) is -0.398. The average Bonchev–Trinajstić information content (AvgIpc) is 2.61. The number of hydrogen-bond acceptors (Lipinski definition) is 5. The van der Waals surface area contributed by atoms with Gasteiger partial charge in [0.25, 0.3) is 5.91 Å². The largest absolute Gasteiger partial charge is 0.479 e. The minimum Gasteiger partial charge on any atom is -0.479 e. The van der Waals surface area contributed by atoms with Gasteiger partial charge in [-0.3, -0.25) is 9.59 Å². The summed E-state index contributed by atoms with van der Waals surface area (Å²) >= 11 is 0. The van der Waals surface area contributed by atoms with Crippen molar-refractivity contribution < 1.29 is 23.9 Å². The molecule has 0 aromatic heterocycles. The molecule has 1 aromatic carbocycles. The normalized spacial score (nSPS) is 18.6. The van der Waals surface area contributed by atoms with E-state index in [0.717, 1.165) is 0 Å². The van der Waals surface area contributed by atoms with Crippen LogP contribution in [0.5, 0.6) is 5.75 Å². The SMILES string of the molecule is CC[C@](C)(NC(=O)CCN1C(=O)[C@H](C)Oc2ccccc21)C(=O)OC. The first-order valence-corrected chi connectivity index (χ1v) is 8.29. The molecule has 25 heavy (non-hydrogen) atoms. The number of anilines is 1. The molecule has 0 aliphatic carbocycles.